The summed E-state index contributed by atoms with van der Waals surface area (Å²) in [6, 6.07) is 0. The van der Waals surface area contributed by atoms with Crippen LogP contribution in [0.5, 0.6) is 0 Å². The van der Waals surface area contributed by atoms with Gasteiger partial charge in [-0.15, -0.1) is 23.7 Å². The van der Waals surface area contributed by atoms with E-state index in [1.807, 2.05) is 0 Å². The highest BCUT2D eigenvalue weighted by molar-refractivity contribution is 7.15. The van der Waals surface area contributed by atoms with Crippen molar-refractivity contribution >= 4 is 34.8 Å². The van der Waals surface area contributed by atoms with E-state index in [1.165, 1.54) is 23.4 Å². The second-order valence-corrected chi connectivity index (χ2v) is 7.91. The minimum atomic E-state index is -0.419. The van der Waals surface area contributed by atoms with Crippen LogP contribution < -0.4 is 10.6 Å². The number of ether oxygens (including phenoxy) is 1. The second-order valence-electron chi connectivity index (χ2n) is 6.82. The third kappa shape index (κ3) is 4.10. The first kappa shape index (κ1) is 19.6. The number of anilines is 1. The Morgan fingerprint density at radius 1 is 1.46 bits per heavy atom. The molecule has 5 nitrogen and oxygen atoms in total. The number of halogens is 1. The van der Waals surface area contributed by atoms with E-state index in [0.717, 1.165) is 49.8 Å². The lowest BCUT2D eigenvalue weighted by Crippen LogP contribution is -2.47. The Balaban J connectivity index is 0.00000208. The Kier molecular flexibility index (Phi) is 7.04. The second kappa shape index (κ2) is 8.61. The van der Waals surface area contributed by atoms with Crippen molar-refractivity contribution in [3.05, 3.63) is 10.6 Å². The third-order valence-corrected chi connectivity index (χ3v) is 6.34. The molecule has 0 spiro atoms. The van der Waals surface area contributed by atoms with Crippen LogP contribution >= 0.6 is 23.7 Å². The van der Waals surface area contributed by atoms with E-state index in [4.69, 9.17) is 4.74 Å². The van der Waals surface area contributed by atoms with Crippen LogP contribution in [0.1, 0.15) is 43.2 Å². The summed E-state index contributed by atoms with van der Waals surface area (Å²) in [6.07, 6.45) is 6.24. The molecule has 24 heavy (non-hydrogen) atoms. The maximum Gasteiger partial charge on any atom is 0.234 e. The van der Waals surface area contributed by atoms with Gasteiger partial charge in [0.25, 0.3) is 0 Å². The van der Waals surface area contributed by atoms with Crippen molar-refractivity contribution in [3.8, 4) is 0 Å². The van der Waals surface area contributed by atoms with Crippen molar-refractivity contribution < 1.29 is 9.53 Å². The smallest absolute Gasteiger partial charge is 0.234 e. The van der Waals surface area contributed by atoms with Crippen molar-refractivity contribution in [3.63, 3.8) is 0 Å². The van der Waals surface area contributed by atoms with E-state index in [1.54, 1.807) is 18.4 Å². The summed E-state index contributed by atoms with van der Waals surface area (Å²) in [6.45, 7) is 4.46. The minimum absolute atomic E-state index is 0. The van der Waals surface area contributed by atoms with Gasteiger partial charge in [0, 0.05) is 12.0 Å². The third-order valence-electron chi connectivity index (χ3n) is 5.30. The molecule has 1 aliphatic carbocycles. The fourth-order valence-corrected chi connectivity index (χ4v) is 4.81. The van der Waals surface area contributed by atoms with E-state index in [2.05, 4.69) is 22.5 Å². The van der Waals surface area contributed by atoms with Crippen molar-refractivity contribution in [1.29, 1.82) is 0 Å². The molecule has 3 rings (SSSR count). The zero-order chi connectivity index (χ0) is 16.3. The Bertz CT molecular complexity index is 553. The van der Waals surface area contributed by atoms with Crippen molar-refractivity contribution in [1.82, 2.24) is 10.3 Å². The van der Waals surface area contributed by atoms with Crippen LogP contribution in [0.25, 0.3) is 0 Å². The number of methoxy groups -OCH3 is 1. The average Bonchev–Trinajstić information content (AvgIpc) is 2.97. The molecule has 1 aromatic heterocycles. The number of piperidine rings is 1. The van der Waals surface area contributed by atoms with E-state index < -0.39 is 5.41 Å². The van der Waals surface area contributed by atoms with E-state index >= 15 is 0 Å². The summed E-state index contributed by atoms with van der Waals surface area (Å²) < 4.78 is 5.35. The summed E-state index contributed by atoms with van der Waals surface area (Å²) >= 11 is 1.66. The quantitative estimate of drug-likeness (QED) is 0.832. The molecule has 2 aliphatic rings. The van der Waals surface area contributed by atoms with Gasteiger partial charge in [0.2, 0.25) is 5.91 Å². The van der Waals surface area contributed by atoms with Gasteiger partial charge in [0.05, 0.1) is 17.7 Å². The van der Waals surface area contributed by atoms with Crippen LogP contribution in [-0.2, 0) is 22.4 Å². The molecule has 0 bridgehead atoms. The van der Waals surface area contributed by atoms with Crippen molar-refractivity contribution in [2.24, 2.45) is 11.3 Å². The molecular formula is C17H28ClN3O2S. The van der Waals surface area contributed by atoms with E-state index in [0.29, 0.717) is 6.61 Å². The largest absolute Gasteiger partial charge is 0.384 e. The highest BCUT2D eigenvalue weighted by Crippen LogP contribution is 2.35. The molecule has 1 saturated heterocycles. The van der Waals surface area contributed by atoms with E-state index in [9.17, 15) is 4.79 Å². The predicted octanol–water partition coefficient (Wildman–Crippen LogP) is 3.03. The fraction of sp³-hybridized carbons (Fsp3) is 0.765. The summed E-state index contributed by atoms with van der Waals surface area (Å²) in [5, 5.41) is 7.18. The predicted molar refractivity (Wildman–Crippen MR) is 100 cm³/mol. The maximum absolute atomic E-state index is 12.9. The monoisotopic (exact) mass is 373 g/mol. The molecule has 1 fully saturated rings. The molecule has 136 valence electrons. The molecular weight excluding hydrogens is 346 g/mol. The van der Waals surface area contributed by atoms with Gasteiger partial charge in [0.1, 0.15) is 0 Å². The highest BCUT2D eigenvalue weighted by Gasteiger charge is 2.40. The number of nitrogens with one attached hydrogen (secondary N) is 2. The number of hydrogen-bond acceptors (Lipinski definition) is 5. The van der Waals surface area contributed by atoms with Crippen LogP contribution in [0.15, 0.2) is 0 Å². The number of fused-ring (bicyclic) bond motifs is 1. The Hall–Kier alpha value is -0.690. The number of aryl methyl sites for hydroxylation is 1. The Morgan fingerprint density at radius 2 is 2.21 bits per heavy atom. The first-order valence-corrected chi connectivity index (χ1v) is 9.48. The highest BCUT2D eigenvalue weighted by atomic mass is 35.5. The summed E-state index contributed by atoms with van der Waals surface area (Å²) in [4.78, 5) is 18.9. The van der Waals surface area contributed by atoms with Gasteiger partial charge in [-0.2, -0.15) is 0 Å². The number of thiazole rings is 1. The summed E-state index contributed by atoms with van der Waals surface area (Å²) in [5.41, 5.74) is 0.777. The molecule has 0 aromatic carbocycles. The van der Waals surface area contributed by atoms with Gasteiger partial charge in [0.15, 0.2) is 5.13 Å². The number of rotatable bonds is 5. The molecule has 1 aromatic rings. The number of aromatic nitrogens is 1. The van der Waals surface area contributed by atoms with Crippen LogP contribution in [0.3, 0.4) is 0 Å². The first-order chi connectivity index (χ1) is 11.2. The fourth-order valence-electron chi connectivity index (χ4n) is 3.69. The normalized spacial score (nSPS) is 22.3. The first-order valence-electron chi connectivity index (χ1n) is 8.66. The zero-order valence-corrected chi connectivity index (χ0v) is 16.2. The topological polar surface area (TPSA) is 63.2 Å². The molecule has 2 N–H and O–H groups in total. The zero-order valence-electron chi connectivity index (χ0n) is 14.5. The standard InChI is InChI=1S/C17H27N3O2S.ClH/c1-3-12-4-5-13-14(10-12)23-16(19-13)20-15(21)17(11-22-2)6-8-18-9-7-17;/h12,18H,3-11H2,1-2H3,(H,19,20,21);1H. The molecule has 0 radical (unpaired) electrons. The Morgan fingerprint density at radius 3 is 2.88 bits per heavy atom. The van der Waals surface area contributed by atoms with Crippen LogP contribution in [0.4, 0.5) is 5.13 Å². The summed E-state index contributed by atoms with van der Waals surface area (Å²) in [5.74, 6) is 0.842. The van der Waals surface area contributed by atoms with Crippen LogP contribution in [0, 0.1) is 11.3 Å². The molecule has 1 aliphatic heterocycles. The van der Waals surface area contributed by atoms with Gasteiger partial charge in [-0.1, -0.05) is 13.3 Å². The molecule has 7 heteroatoms. The number of amides is 1. The number of carbonyl (C=O) groups is 1. The van der Waals surface area contributed by atoms with Crippen molar-refractivity contribution in [2.45, 2.75) is 45.4 Å². The molecule has 2 heterocycles. The number of hydrogen-bond donors (Lipinski definition) is 2. The SMILES string of the molecule is CCC1CCc2nc(NC(=O)C3(COC)CCNCC3)sc2C1.Cl. The van der Waals surface area contributed by atoms with Gasteiger partial charge < -0.3 is 15.4 Å². The molecule has 1 unspecified atom stereocenters. The van der Waals surface area contributed by atoms with Gasteiger partial charge >= 0.3 is 0 Å². The minimum Gasteiger partial charge on any atom is -0.384 e. The lowest BCUT2D eigenvalue weighted by molar-refractivity contribution is -0.130. The van der Waals surface area contributed by atoms with E-state index in [-0.39, 0.29) is 18.3 Å². The molecule has 1 amide bonds. The van der Waals surface area contributed by atoms with Crippen molar-refractivity contribution in [2.75, 3.05) is 32.1 Å². The van der Waals surface area contributed by atoms with Crippen LogP contribution in [-0.4, -0.2) is 37.7 Å². The van der Waals surface area contributed by atoms with Gasteiger partial charge in [-0.25, -0.2) is 4.98 Å². The number of carbonyl (C=O) groups excluding carboxylic acids is 1. The maximum atomic E-state index is 12.9. The lowest BCUT2D eigenvalue weighted by atomic mass is 9.79. The van der Waals surface area contributed by atoms with Crippen LogP contribution in [0.2, 0.25) is 0 Å². The average molecular weight is 374 g/mol. The molecule has 1 atom stereocenters. The van der Waals surface area contributed by atoms with Gasteiger partial charge in [-0.3, -0.25) is 4.79 Å². The number of nitrogens with zero attached hydrogens (tertiary/aromatic N) is 1. The summed E-state index contributed by atoms with van der Waals surface area (Å²) in [7, 11) is 1.67. The Labute approximate surface area is 154 Å². The molecule has 0 saturated carbocycles. The lowest BCUT2D eigenvalue weighted by Gasteiger charge is -2.35. The van der Waals surface area contributed by atoms with Gasteiger partial charge in [-0.05, 0) is 51.1 Å².